The molecular weight excluding hydrogens is 278 g/mol. The third-order valence-corrected chi connectivity index (χ3v) is 4.13. The quantitative estimate of drug-likeness (QED) is 0.724. The molecule has 2 aromatic carbocycles. The van der Waals surface area contributed by atoms with E-state index in [-0.39, 0.29) is 5.91 Å². The van der Waals surface area contributed by atoms with Crippen molar-refractivity contribution in [2.45, 2.75) is 12.5 Å². The Bertz CT molecular complexity index is 856. The maximum absolute atomic E-state index is 12.8. The van der Waals surface area contributed by atoms with Gasteiger partial charge in [-0.25, -0.2) is 4.98 Å². The molecule has 1 aliphatic rings. The van der Waals surface area contributed by atoms with Crippen molar-refractivity contribution in [2.75, 3.05) is 11.4 Å². The van der Waals surface area contributed by atoms with E-state index in [4.69, 9.17) is 0 Å². The number of nitrogens with one attached hydrogen (secondary N) is 1. The minimum atomic E-state index is -0.504. The minimum Gasteiger partial charge on any atom is -0.388 e. The van der Waals surface area contributed by atoms with Gasteiger partial charge in [0.15, 0.2) is 0 Å². The Hall–Kier alpha value is -2.66. The lowest BCUT2D eigenvalue weighted by molar-refractivity contribution is 0.0970. The second-order valence-electron chi connectivity index (χ2n) is 5.45. The highest BCUT2D eigenvalue weighted by molar-refractivity contribution is 6.08. The van der Waals surface area contributed by atoms with Crippen molar-refractivity contribution in [1.82, 2.24) is 9.97 Å². The van der Waals surface area contributed by atoms with Gasteiger partial charge in [0.2, 0.25) is 0 Å². The Morgan fingerprint density at radius 1 is 1.27 bits per heavy atom. The monoisotopic (exact) mass is 293 g/mol. The van der Waals surface area contributed by atoms with Crippen LogP contribution < -0.4 is 4.90 Å². The second-order valence-corrected chi connectivity index (χ2v) is 5.45. The van der Waals surface area contributed by atoms with Crippen LogP contribution in [0.25, 0.3) is 11.0 Å². The summed E-state index contributed by atoms with van der Waals surface area (Å²) in [5.41, 5.74) is 3.89. The summed E-state index contributed by atoms with van der Waals surface area (Å²) >= 11 is 0. The fourth-order valence-electron chi connectivity index (χ4n) is 2.98. The number of hydrogen-bond acceptors (Lipinski definition) is 3. The lowest BCUT2D eigenvalue weighted by Gasteiger charge is -2.32. The van der Waals surface area contributed by atoms with Crippen LogP contribution in [0, 0.1) is 0 Å². The Morgan fingerprint density at radius 2 is 2.14 bits per heavy atom. The number of para-hydroxylation sites is 1. The number of fused-ring (bicyclic) bond motifs is 2. The van der Waals surface area contributed by atoms with Gasteiger partial charge in [0.25, 0.3) is 5.91 Å². The van der Waals surface area contributed by atoms with E-state index in [1.54, 1.807) is 17.3 Å². The van der Waals surface area contributed by atoms with Crippen LogP contribution in [0.3, 0.4) is 0 Å². The number of nitrogens with zero attached hydrogens (tertiary/aromatic N) is 2. The highest BCUT2D eigenvalue weighted by Gasteiger charge is 2.27. The molecule has 110 valence electrons. The van der Waals surface area contributed by atoms with E-state index in [9.17, 15) is 9.90 Å². The lowest BCUT2D eigenvalue weighted by atomic mass is 9.98. The number of benzene rings is 2. The molecule has 4 rings (SSSR count). The molecule has 22 heavy (non-hydrogen) atoms. The van der Waals surface area contributed by atoms with E-state index in [0.29, 0.717) is 18.5 Å². The minimum absolute atomic E-state index is 0.0594. The van der Waals surface area contributed by atoms with Gasteiger partial charge in [-0.15, -0.1) is 0 Å². The SMILES string of the molecule is O=C(c1ccc2nc[nH]c2c1)N1CCC(O)c2ccccc21. The molecule has 5 nitrogen and oxygen atoms in total. The average molecular weight is 293 g/mol. The number of carbonyl (C=O) groups is 1. The summed E-state index contributed by atoms with van der Waals surface area (Å²) in [7, 11) is 0. The summed E-state index contributed by atoms with van der Waals surface area (Å²) < 4.78 is 0. The molecule has 0 fully saturated rings. The zero-order valence-corrected chi connectivity index (χ0v) is 11.9. The summed E-state index contributed by atoms with van der Waals surface area (Å²) in [5.74, 6) is -0.0594. The van der Waals surface area contributed by atoms with Gasteiger partial charge < -0.3 is 15.0 Å². The van der Waals surface area contributed by atoms with Gasteiger partial charge >= 0.3 is 0 Å². The number of aromatic amines is 1. The predicted octanol–water partition coefficient (Wildman–Crippen LogP) is 2.65. The highest BCUT2D eigenvalue weighted by atomic mass is 16.3. The molecule has 0 spiro atoms. The van der Waals surface area contributed by atoms with Gasteiger partial charge in [-0.3, -0.25) is 4.79 Å². The normalized spacial score (nSPS) is 17.5. The maximum Gasteiger partial charge on any atom is 0.258 e. The zero-order chi connectivity index (χ0) is 15.1. The molecule has 0 saturated heterocycles. The smallest absolute Gasteiger partial charge is 0.258 e. The summed E-state index contributed by atoms with van der Waals surface area (Å²) in [6.07, 6.45) is 1.66. The van der Waals surface area contributed by atoms with E-state index in [2.05, 4.69) is 9.97 Å². The Labute approximate surface area is 127 Å². The van der Waals surface area contributed by atoms with Crippen LogP contribution in [0.15, 0.2) is 48.8 Å². The predicted molar refractivity (Wildman–Crippen MR) is 83.8 cm³/mol. The van der Waals surface area contributed by atoms with E-state index in [0.717, 1.165) is 22.3 Å². The van der Waals surface area contributed by atoms with Gasteiger partial charge in [-0.05, 0) is 30.7 Å². The van der Waals surface area contributed by atoms with Crippen molar-refractivity contribution >= 4 is 22.6 Å². The fourth-order valence-corrected chi connectivity index (χ4v) is 2.98. The first-order valence-corrected chi connectivity index (χ1v) is 7.26. The van der Waals surface area contributed by atoms with Crippen molar-refractivity contribution in [3.8, 4) is 0 Å². The van der Waals surface area contributed by atoms with Crippen molar-refractivity contribution in [3.63, 3.8) is 0 Å². The number of rotatable bonds is 1. The number of aliphatic hydroxyl groups excluding tert-OH is 1. The number of amides is 1. The standard InChI is InChI=1S/C17H15N3O2/c21-16-7-8-20(15-4-2-1-3-12(15)16)17(22)11-5-6-13-14(9-11)19-10-18-13/h1-6,9-10,16,21H,7-8H2,(H,18,19). The van der Waals surface area contributed by atoms with Gasteiger partial charge in [0, 0.05) is 23.4 Å². The number of imidazole rings is 1. The third kappa shape index (κ3) is 1.98. The average Bonchev–Trinajstić information content (AvgIpc) is 3.02. The molecule has 3 aromatic rings. The molecular formula is C17H15N3O2. The van der Waals surface area contributed by atoms with Crippen molar-refractivity contribution in [2.24, 2.45) is 0 Å². The fraction of sp³-hybridized carbons (Fsp3) is 0.176. The second kappa shape index (κ2) is 4.96. The molecule has 5 heteroatoms. The Balaban J connectivity index is 1.75. The van der Waals surface area contributed by atoms with Crippen LogP contribution in [0.2, 0.25) is 0 Å². The summed E-state index contributed by atoms with van der Waals surface area (Å²) in [5, 5.41) is 10.1. The van der Waals surface area contributed by atoms with E-state index < -0.39 is 6.10 Å². The number of carbonyl (C=O) groups excluding carboxylic acids is 1. The number of hydrogen-bond donors (Lipinski definition) is 2. The first-order valence-electron chi connectivity index (χ1n) is 7.26. The highest BCUT2D eigenvalue weighted by Crippen LogP contribution is 2.34. The van der Waals surface area contributed by atoms with Crippen LogP contribution in [-0.2, 0) is 0 Å². The van der Waals surface area contributed by atoms with E-state index in [1.165, 1.54) is 0 Å². The topological polar surface area (TPSA) is 69.2 Å². The Kier molecular flexibility index (Phi) is 2.94. The van der Waals surface area contributed by atoms with E-state index in [1.807, 2.05) is 36.4 Å². The van der Waals surface area contributed by atoms with Gasteiger partial charge in [0.05, 0.1) is 23.5 Å². The molecule has 1 unspecified atom stereocenters. The number of anilines is 1. The van der Waals surface area contributed by atoms with Gasteiger partial charge in [0.1, 0.15) is 0 Å². The lowest BCUT2D eigenvalue weighted by Crippen LogP contribution is -2.36. The van der Waals surface area contributed by atoms with Crippen LogP contribution in [0.1, 0.15) is 28.4 Å². The summed E-state index contributed by atoms with van der Waals surface area (Å²) in [6, 6.07) is 13.0. The number of aromatic nitrogens is 2. The number of H-pyrrole nitrogens is 1. The molecule has 1 aliphatic heterocycles. The van der Waals surface area contributed by atoms with Crippen molar-refractivity contribution in [1.29, 1.82) is 0 Å². The van der Waals surface area contributed by atoms with Gasteiger partial charge in [-0.2, -0.15) is 0 Å². The molecule has 1 atom stereocenters. The summed E-state index contributed by atoms with van der Waals surface area (Å²) in [4.78, 5) is 21.8. The molecule has 0 aliphatic carbocycles. The van der Waals surface area contributed by atoms with Crippen LogP contribution in [-0.4, -0.2) is 27.5 Å². The van der Waals surface area contributed by atoms with Crippen LogP contribution >= 0.6 is 0 Å². The van der Waals surface area contributed by atoms with Crippen LogP contribution in [0.5, 0.6) is 0 Å². The number of aliphatic hydroxyl groups is 1. The molecule has 1 aromatic heterocycles. The van der Waals surface area contributed by atoms with Crippen molar-refractivity contribution < 1.29 is 9.90 Å². The molecule has 2 N–H and O–H groups in total. The first-order chi connectivity index (χ1) is 10.7. The zero-order valence-electron chi connectivity index (χ0n) is 11.9. The van der Waals surface area contributed by atoms with E-state index >= 15 is 0 Å². The first kappa shape index (κ1) is 13.0. The third-order valence-electron chi connectivity index (χ3n) is 4.13. The summed E-state index contributed by atoms with van der Waals surface area (Å²) in [6.45, 7) is 0.512. The largest absolute Gasteiger partial charge is 0.388 e. The molecule has 0 bridgehead atoms. The molecule has 0 saturated carbocycles. The van der Waals surface area contributed by atoms with Crippen molar-refractivity contribution in [3.05, 3.63) is 59.9 Å². The molecule has 1 amide bonds. The molecule has 0 radical (unpaired) electrons. The maximum atomic E-state index is 12.8. The van der Waals surface area contributed by atoms with Gasteiger partial charge in [-0.1, -0.05) is 18.2 Å². The Morgan fingerprint density at radius 3 is 3.05 bits per heavy atom. The van der Waals surface area contributed by atoms with Crippen LogP contribution in [0.4, 0.5) is 5.69 Å². The molecule has 2 heterocycles.